The number of imidazole rings is 1. The smallest absolute Gasteiger partial charge is 0.332 e. The molecule has 0 aliphatic heterocycles. The summed E-state index contributed by atoms with van der Waals surface area (Å²) < 4.78 is 9.65. The molecule has 2 heterocycles. The minimum absolute atomic E-state index is 0.297. The van der Waals surface area contributed by atoms with E-state index in [4.69, 9.17) is 10.5 Å². The van der Waals surface area contributed by atoms with E-state index in [-0.39, 0.29) is 11.2 Å². The summed E-state index contributed by atoms with van der Waals surface area (Å²) >= 11 is 0. The Labute approximate surface area is 128 Å². The standard InChI is InChI=1S/C14H23N5O3/c1-4-17-10(6-7-15)16-12-11(17)13(20)18(5-2)14(21)19(12)8-9-22-3/h4-9,15H2,1-3H3. The molecule has 22 heavy (non-hydrogen) atoms. The fourth-order valence-corrected chi connectivity index (χ4v) is 2.66. The van der Waals surface area contributed by atoms with Crippen LogP contribution in [0.5, 0.6) is 0 Å². The van der Waals surface area contributed by atoms with Crippen LogP contribution in [0.1, 0.15) is 19.7 Å². The number of methoxy groups -OCH3 is 1. The Kier molecular flexibility index (Phi) is 5.15. The van der Waals surface area contributed by atoms with Crippen LogP contribution in [0.4, 0.5) is 0 Å². The quantitative estimate of drug-likeness (QED) is 0.747. The molecule has 0 spiro atoms. The summed E-state index contributed by atoms with van der Waals surface area (Å²) in [6.07, 6.45) is 0.562. The maximum absolute atomic E-state index is 12.6. The highest BCUT2D eigenvalue weighted by molar-refractivity contribution is 5.71. The molecule has 8 heteroatoms. The topological polar surface area (TPSA) is 97.1 Å². The van der Waals surface area contributed by atoms with Crippen LogP contribution in [0.3, 0.4) is 0 Å². The first-order valence-electron chi connectivity index (χ1n) is 7.52. The molecule has 0 aromatic carbocycles. The van der Waals surface area contributed by atoms with Crippen molar-refractivity contribution < 1.29 is 4.74 Å². The number of rotatable bonds is 7. The monoisotopic (exact) mass is 309 g/mol. The van der Waals surface area contributed by atoms with Crippen molar-refractivity contribution in [2.24, 2.45) is 5.73 Å². The molecule has 122 valence electrons. The van der Waals surface area contributed by atoms with E-state index < -0.39 is 0 Å². The number of fused-ring (bicyclic) bond motifs is 1. The van der Waals surface area contributed by atoms with Crippen LogP contribution in [0.2, 0.25) is 0 Å². The Morgan fingerprint density at radius 1 is 1.14 bits per heavy atom. The lowest BCUT2D eigenvalue weighted by atomic mass is 10.4. The van der Waals surface area contributed by atoms with E-state index in [1.54, 1.807) is 14.0 Å². The Morgan fingerprint density at radius 3 is 2.36 bits per heavy atom. The van der Waals surface area contributed by atoms with E-state index >= 15 is 0 Å². The van der Waals surface area contributed by atoms with Crippen LogP contribution in [0.25, 0.3) is 11.2 Å². The maximum Gasteiger partial charge on any atom is 0.332 e. The van der Waals surface area contributed by atoms with Gasteiger partial charge in [-0.25, -0.2) is 9.78 Å². The van der Waals surface area contributed by atoms with Gasteiger partial charge in [0.1, 0.15) is 5.82 Å². The summed E-state index contributed by atoms with van der Waals surface area (Å²) in [4.78, 5) is 29.6. The predicted octanol–water partition coefficient (Wildman–Crippen LogP) is -0.453. The van der Waals surface area contributed by atoms with Gasteiger partial charge in [0.2, 0.25) is 0 Å². The Bertz CT molecular complexity index is 771. The van der Waals surface area contributed by atoms with Crippen LogP contribution in [-0.2, 0) is 30.8 Å². The molecule has 0 unspecified atom stereocenters. The molecule has 2 rings (SSSR count). The number of hydrogen-bond acceptors (Lipinski definition) is 5. The minimum atomic E-state index is -0.350. The number of nitrogens with two attached hydrogens (primary N) is 1. The molecule has 2 aromatic rings. The minimum Gasteiger partial charge on any atom is -0.383 e. The Hall–Kier alpha value is -1.93. The van der Waals surface area contributed by atoms with Crippen molar-refractivity contribution in [3.8, 4) is 0 Å². The second-order valence-corrected chi connectivity index (χ2v) is 4.96. The van der Waals surface area contributed by atoms with Crippen molar-refractivity contribution in [3.05, 3.63) is 26.7 Å². The van der Waals surface area contributed by atoms with Crippen LogP contribution < -0.4 is 17.0 Å². The Morgan fingerprint density at radius 2 is 1.82 bits per heavy atom. The van der Waals surface area contributed by atoms with Crippen LogP contribution in [0.15, 0.2) is 9.59 Å². The molecular weight excluding hydrogens is 286 g/mol. The van der Waals surface area contributed by atoms with E-state index in [1.807, 2.05) is 11.5 Å². The van der Waals surface area contributed by atoms with Crippen molar-refractivity contribution in [3.63, 3.8) is 0 Å². The van der Waals surface area contributed by atoms with Gasteiger partial charge in [-0.3, -0.25) is 13.9 Å². The largest absolute Gasteiger partial charge is 0.383 e. The normalized spacial score (nSPS) is 11.5. The summed E-state index contributed by atoms with van der Waals surface area (Å²) in [5, 5.41) is 0. The van der Waals surface area contributed by atoms with Crippen molar-refractivity contribution >= 4 is 11.2 Å². The molecule has 0 bridgehead atoms. The van der Waals surface area contributed by atoms with Gasteiger partial charge in [0.05, 0.1) is 13.2 Å². The number of ether oxygens (including phenoxy) is 1. The first-order valence-corrected chi connectivity index (χ1v) is 7.52. The van der Waals surface area contributed by atoms with Gasteiger partial charge in [0, 0.05) is 26.6 Å². The number of nitrogens with zero attached hydrogens (tertiary/aromatic N) is 4. The molecule has 2 aromatic heterocycles. The van der Waals surface area contributed by atoms with E-state index in [0.717, 1.165) is 5.82 Å². The molecule has 0 fully saturated rings. The van der Waals surface area contributed by atoms with Gasteiger partial charge in [-0.1, -0.05) is 0 Å². The first kappa shape index (κ1) is 16.4. The van der Waals surface area contributed by atoms with Crippen molar-refractivity contribution in [1.29, 1.82) is 0 Å². The molecule has 2 N–H and O–H groups in total. The van der Waals surface area contributed by atoms with Crippen LogP contribution in [0, 0.1) is 0 Å². The molecule has 0 amide bonds. The molecule has 0 atom stereocenters. The van der Waals surface area contributed by atoms with Crippen LogP contribution in [-0.4, -0.2) is 38.9 Å². The van der Waals surface area contributed by atoms with Crippen molar-refractivity contribution in [2.75, 3.05) is 20.3 Å². The zero-order chi connectivity index (χ0) is 16.3. The molecular formula is C14H23N5O3. The highest BCUT2D eigenvalue weighted by Crippen LogP contribution is 2.12. The summed E-state index contributed by atoms with van der Waals surface area (Å²) in [7, 11) is 1.57. The highest BCUT2D eigenvalue weighted by Gasteiger charge is 2.19. The second kappa shape index (κ2) is 6.89. The highest BCUT2D eigenvalue weighted by atomic mass is 16.5. The predicted molar refractivity (Wildman–Crippen MR) is 84.2 cm³/mol. The lowest BCUT2D eigenvalue weighted by Gasteiger charge is -2.10. The number of aryl methyl sites for hydroxylation is 1. The molecule has 0 saturated carbocycles. The lowest BCUT2D eigenvalue weighted by molar-refractivity contribution is 0.186. The lowest BCUT2D eigenvalue weighted by Crippen LogP contribution is -2.40. The number of hydrogen-bond donors (Lipinski definition) is 1. The van der Waals surface area contributed by atoms with Crippen molar-refractivity contribution in [2.45, 2.75) is 39.9 Å². The average molecular weight is 309 g/mol. The molecule has 8 nitrogen and oxygen atoms in total. The zero-order valence-corrected chi connectivity index (χ0v) is 13.3. The molecule has 0 aliphatic carbocycles. The maximum atomic E-state index is 12.6. The number of aromatic nitrogens is 4. The fourth-order valence-electron chi connectivity index (χ4n) is 2.66. The van der Waals surface area contributed by atoms with Gasteiger partial charge in [0.25, 0.3) is 5.56 Å². The van der Waals surface area contributed by atoms with E-state index in [2.05, 4.69) is 4.98 Å². The average Bonchev–Trinajstić information content (AvgIpc) is 2.86. The van der Waals surface area contributed by atoms with E-state index in [1.165, 1.54) is 9.13 Å². The van der Waals surface area contributed by atoms with Gasteiger partial charge in [0.15, 0.2) is 11.2 Å². The SMILES string of the molecule is CCn1c(=O)c2c(nc(CCN)n2CC)n(CCOC)c1=O. The summed E-state index contributed by atoms with van der Waals surface area (Å²) in [6, 6.07) is 0. The third kappa shape index (κ3) is 2.59. The first-order chi connectivity index (χ1) is 10.6. The fraction of sp³-hybridized carbons (Fsp3) is 0.643. The van der Waals surface area contributed by atoms with Gasteiger partial charge in [-0.05, 0) is 20.4 Å². The second-order valence-electron chi connectivity index (χ2n) is 4.96. The van der Waals surface area contributed by atoms with Crippen LogP contribution >= 0.6 is 0 Å². The van der Waals surface area contributed by atoms with Gasteiger partial charge in [-0.2, -0.15) is 0 Å². The molecule has 0 aliphatic rings. The van der Waals surface area contributed by atoms with E-state index in [9.17, 15) is 9.59 Å². The summed E-state index contributed by atoms with van der Waals surface area (Å²) in [6.45, 7) is 5.82. The molecule has 0 radical (unpaired) electrons. The van der Waals surface area contributed by atoms with Gasteiger partial charge < -0.3 is 15.0 Å². The van der Waals surface area contributed by atoms with Crippen molar-refractivity contribution in [1.82, 2.24) is 18.7 Å². The summed E-state index contributed by atoms with van der Waals surface area (Å²) in [5.41, 5.74) is 5.86. The van der Waals surface area contributed by atoms with Gasteiger partial charge >= 0.3 is 5.69 Å². The van der Waals surface area contributed by atoms with E-state index in [0.29, 0.717) is 50.4 Å². The zero-order valence-electron chi connectivity index (χ0n) is 13.3. The molecule has 0 saturated heterocycles. The van der Waals surface area contributed by atoms with Gasteiger partial charge in [-0.15, -0.1) is 0 Å². The summed E-state index contributed by atoms with van der Waals surface area (Å²) in [5.74, 6) is 0.733. The third-order valence-electron chi connectivity index (χ3n) is 3.71. The third-order valence-corrected chi connectivity index (χ3v) is 3.71. The Balaban J connectivity index is 2.86.